The number of aromatic nitrogens is 1. The summed E-state index contributed by atoms with van der Waals surface area (Å²) in [4.78, 5) is 4.21. The van der Waals surface area contributed by atoms with Crippen LogP contribution < -0.4 is 15.8 Å². The van der Waals surface area contributed by atoms with E-state index in [4.69, 9.17) is 5.73 Å². The molecule has 2 heterocycles. The van der Waals surface area contributed by atoms with Gasteiger partial charge in [-0.3, -0.25) is 4.98 Å². The minimum absolute atomic E-state index is 0.118. The van der Waals surface area contributed by atoms with Crippen molar-refractivity contribution < 1.29 is 22.3 Å². The lowest BCUT2D eigenvalue weighted by Crippen LogP contribution is -2.23. The minimum Gasteiger partial charge on any atom is -0.403 e. The first-order valence-corrected chi connectivity index (χ1v) is 6.81. The molecular weight excluding hydrogens is 314 g/mol. The van der Waals surface area contributed by atoms with E-state index in [1.165, 1.54) is 12.1 Å². The molecule has 0 unspecified atom stereocenters. The maximum absolute atomic E-state index is 12.5. The quantitative estimate of drug-likeness (QED) is 0.785. The highest BCUT2D eigenvalue weighted by Gasteiger charge is 2.32. The van der Waals surface area contributed by atoms with E-state index in [1.54, 1.807) is 6.20 Å². The Morgan fingerprint density at radius 3 is 2.57 bits per heavy atom. The van der Waals surface area contributed by atoms with Gasteiger partial charge in [-0.2, -0.15) is 0 Å². The zero-order valence-corrected chi connectivity index (χ0v) is 12.0. The van der Waals surface area contributed by atoms with Crippen molar-refractivity contribution in [2.45, 2.75) is 18.8 Å². The molecule has 1 aliphatic rings. The Hall–Kier alpha value is -2.35. The number of anilines is 1. The van der Waals surface area contributed by atoms with Crippen molar-refractivity contribution in [3.8, 4) is 5.75 Å². The zero-order chi connectivity index (χ0) is 16.9. The molecule has 1 atom stereocenters. The molecule has 0 saturated heterocycles. The molecule has 0 radical (unpaired) electrons. The topological polar surface area (TPSA) is 60.2 Å². The number of nitrogens with one attached hydrogen (secondary N) is 1. The third-order valence-electron chi connectivity index (χ3n) is 3.02. The van der Waals surface area contributed by atoms with Gasteiger partial charge in [0.1, 0.15) is 0 Å². The van der Waals surface area contributed by atoms with Crippen LogP contribution in [0.5, 0.6) is 5.75 Å². The summed E-state index contributed by atoms with van der Waals surface area (Å²) in [5.74, 6) is -1.85. The van der Waals surface area contributed by atoms with Gasteiger partial charge in [0.25, 0.3) is 0 Å². The molecule has 0 saturated carbocycles. The number of pyridine rings is 1. The molecule has 8 heteroatoms. The number of fused-ring (bicyclic) bond motifs is 1. The third kappa shape index (κ3) is 5.10. The normalized spacial score (nSPS) is 16.5. The van der Waals surface area contributed by atoms with Crippen LogP contribution in [0.4, 0.5) is 23.2 Å². The van der Waals surface area contributed by atoms with Crippen molar-refractivity contribution in [1.82, 2.24) is 4.98 Å². The van der Waals surface area contributed by atoms with Crippen LogP contribution in [-0.2, 0) is 0 Å². The lowest BCUT2D eigenvalue weighted by Gasteiger charge is -2.21. The summed E-state index contributed by atoms with van der Waals surface area (Å²) in [6.07, 6.45) is -2.09. The summed E-state index contributed by atoms with van der Waals surface area (Å²) in [5, 5.41) is 3.25. The Bertz CT molecular complexity index is 649. The van der Waals surface area contributed by atoms with Crippen molar-refractivity contribution in [3.05, 3.63) is 54.1 Å². The summed E-state index contributed by atoms with van der Waals surface area (Å²) < 4.78 is 50.4. The molecule has 4 nitrogen and oxygen atoms in total. The molecule has 1 aromatic heterocycles. The van der Waals surface area contributed by atoms with Crippen LogP contribution in [0.1, 0.15) is 18.2 Å². The maximum atomic E-state index is 12.5. The Balaban J connectivity index is 0.000000167. The molecule has 2 aromatic rings. The summed E-state index contributed by atoms with van der Waals surface area (Å²) in [6.45, 7) is 0.958. The van der Waals surface area contributed by atoms with Crippen LogP contribution in [0, 0.1) is 5.82 Å². The predicted octanol–water partition coefficient (Wildman–Crippen LogP) is 3.62. The number of halogens is 4. The van der Waals surface area contributed by atoms with Crippen LogP contribution >= 0.6 is 0 Å². The van der Waals surface area contributed by atoms with E-state index < -0.39 is 17.9 Å². The van der Waals surface area contributed by atoms with Crippen molar-refractivity contribution in [2.24, 2.45) is 5.73 Å². The van der Waals surface area contributed by atoms with E-state index in [9.17, 15) is 17.6 Å². The van der Waals surface area contributed by atoms with Crippen molar-refractivity contribution in [1.29, 1.82) is 0 Å². The molecule has 0 fully saturated rings. The summed E-state index contributed by atoms with van der Waals surface area (Å²) in [5.41, 5.74) is 7.93. The highest BCUT2D eigenvalue weighted by atomic mass is 19.4. The van der Waals surface area contributed by atoms with Gasteiger partial charge in [-0.15, -0.1) is 13.2 Å². The average molecular weight is 329 g/mol. The number of hydrogen-bond acceptors (Lipinski definition) is 4. The first-order valence-electron chi connectivity index (χ1n) is 6.81. The average Bonchev–Trinajstić information content (AvgIpc) is 2.50. The molecule has 124 valence electrons. The van der Waals surface area contributed by atoms with Crippen molar-refractivity contribution in [2.75, 3.05) is 11.9 Å². The zero-order valence-electron chi connectivity index (χ0n) is 12.0. The van der Waals surface area contributed by atoms with Crippen molar-refractivity contribution >= 4 is 5.69 Å². The largest absolute Gasteiger partial charge is 0.573 e. The SMILES string of the molecule is Fc1ccccc1OC(F)(F)F.N[C@@H]1CCNc2cccnc21. The molecular formula is C15H15F4N3O. The number of ether oxygens (including phenoxy) is 1. The monoisotopic (exact) mass is 329 g/mol. The van der Waals surface area contributed by atoms with Gasteiger partial charge in [-0.25, -0.2) is 4.39 Å². The Morgan fingerprint density at radius 1 is 1.17 bits per heavy atom. The molecule has 1 aromatic carbocycles. The second-order valence-electron chi connectivity index (χ2n) is 4.74. The number of nitrogens with two attached hydrogens (primary N) is 1. The fraction of sp³-hybridized carbons (Fsp3) is 0.267. The van der Waals surface area contributed by atoms with Crippen LogP contribution in [0.2, 0.25) is 0 Å². The minimum atomic E-state index is -4.85. The number of rotatable bonds is 1. The van der Waals surface area contributed by atoms with E-state index in [0.717, 1.165) is 36.5 Å². The molecule has 0 amide bonds. The van der Waals surface area contributed by atoms with E-state index in [-0.39, 0.29) is 6.04 Å². The third-order valence-corrected chi connectivity index (χ3v) is 3.02. The van der Waals surface area contributed by atoms with Gasteiger partial charge in [-0.1, -0.05) is 12.1 Å². The molecule has 3 rings (SSSR count). The number of alkyl halides is 3. The smallest absolute Gasteiger partial charge is 0.403 e. The number of hydrogen-bond donors (Lipinski definition) is 2. The number of nitrogens with zero attached hydrogens (tertiary/aromatic N) is 1. The Labute approximate surface area is 130 Å². The lowest BCUT2D eigenvalue weighted by molar-refractivity contribution is -0.275. The number of benzene rings is 1. The lowest BCUT2D eigenvalue weighted by atomic mass is 10.1. The molecule has 23 heavy (non-hydrogen) atoms. The highest BCUT2D eigenvalue weighted by Crippen LogP contribution is 2.25. The second-order valence-corrected chi connectivity index (χ2v) is 4.74. The highest BCUT2D eigenvalue weighted by molar-refractivity contribution is 5.50. The molecule has 1 aliphatic heterocycles. The maximum Gasteiger partial charge on any atom is 0.573 e. The van der Waals surface area contributed by atoms with E-state index in [1.807, 2.05) is 12.1 Å². The van der Waals surface area contributed by atoms with Gasteiger partial charge in [0.05, 0.1) is 17.4 Å². The molecule has 0 aliphatic carbocycles. The van der Waals surface area contributed by atoms with E-state index in [0.29, 0.717) is 0 Å². The van der Waals surface area contributed by atoms with Gasteiger partial charge in [0, 0.05) is 12.7 Å². The second kappa shape index (κ2) is 7.28. The summed E-state index contributed by atoms with van der Waals surface area (Å²) in [6, 6.07) is 8.38. The fourth-order valence-electron chi connectivity index (χ4n) is 2.01. The molecule has 0 spiro atoms. The standard InChI is InChI=1S/C8H11N3.C7H4F4O/c9-6-3-5-10-7-2-1-4-11-8(6)7;8-5-3-1-2-4-6(5)12-7(9,10)11/h1-2,4,6,10H,3,5,9H2;1-4H/t6-;/m1./s1. The number of para-hydroxylation sites is 1. The van der Waals surface area contributed by atoms with Gasteiger partial charge in [0.2, 0.25) is 0 Å². The van der Waals surface area contributed by atoms with Crippen LogP contribution in [0.15, 0.2) is 42.6 Å². The fourth-order valence-corrected chi connectivity index (χ4v) is 2.01. The Morgan fingerprint density at radius 2 is 1.91 bits per heavy atom. The molecule has 0 bridgehead atoms. The first-order chi connectivity index (χ1) is 10.9. The first kappa shape index (κ1) is 17.0. The summed E-state index contributed by atoms with van der Waals surface area (Å²) in [7, 11) is 0. The molecule has 3 N–H and O–H groups in total. The van der Waals surface area contributed by atoms with Gasteiger partial charge in [-0.05, 0) is 30.7 Å². The van der Waals surface area contributed by atoms with Crippen LogP contribution in [0.25, 0.3) is 0 Å². The van der Waals surface area contributed by atoms with Gasteiger partial charge < -0.3 is 15.8 Å². The summed E-state index contributed by atoms with van der Waals surface area (Å²) >= 11 is 0. The van der Waals surface area contributed by atoms with E-state index >= 15 is 0 Å². The van der Waals surface area contributed by atoms with E-state index in [2.05, 4.69) is 15.0 Å². The van der Waals surface area contributed by atoms with Crippen molar-refractivity contribution in [3.63, 3.8) is 0 Å². The van der Waals surface area contributed by atoms with Crippen LogP contribution in [-0.4, -0.2) is 17.9 Å². The predicted molar refractivity (Wildman–Crippen MR) is 77.4 cm³/mol. The van der Waals surface area contributed by atoms with Gasteiger partial charge >= 0.3 is 6.36 Å². The van der Waals surface area contributed by atoms with Crippen LogP contribution in [0.3, 0.4) is 0 Å². The Kier molecular flexibility index (Phi) is 5.38. The van der Waals surface area contributed by atoms with Gasteiger partial charge in [0.15, 0.2) is 11.6 Å².